The first kappa shape index (κ1) is 18.3. The van der Waals surface area contributed by atoms with Gasteiger partial charge in [0.25, 0.3) is 0 Å². The highest BCUT2D eigenvalue weighted by molar-refractivity contribution is 9.10. The van der Waals surface area contributed by atoms with E-state index in [1.54, 1.807) is 0 Å². The minimum Gasteiger partial charge on any atom is -0.274 e. The number of carbonyl (C=O) groups is 2. The van der Waals surface area contributed by atoms with Crippen LogP contribution in [0.15, 0.2) is 71.2 Å². The van der Waals surface area contributed by atoms with Gasteiger partial charge < -0.3 is 0 Å². The van der Waals surface area contributed by atoms with Gasteiger partial charge in [-0.2, -0.15) is 0 Å². The third-order valence-electron chi connectivity index (χ3n) is 6.93. The maximum absolute atomic E-state index is 13.8. The Bertz CT molecular complexity index is 1220. The summed E-state index contributed by atoms with van der Waals surface area (Å²) in [5.41, 5.74) is 5.64. The van der Waals surface area contributed by atoms with Crippen molar-refractivity contribution in [2.75, 3.05) is 4.90 Å². The fourth-order valence-electron chi connectivity index (χ4n) is 5.65. The third kappa shape index (κ3) is 2.06. The second-order valence-electron chi connectivity index (χ2n) is 8.31. The summed E-state index contributed by atoms with van der Waals surface area (Å²) in [6.07, 6.45) is 0. The lowest BCUT2D eigenvalue weighted by Gasteiger charge is -2.50. The van der Waals surface area contributed by atoms with Crippen LogP contribution < -0.4 is 4.90 Å². The zero-order chi connectivity index (χ0) is 20.8. The average molecular weight is 479 g/mol. The van der Waals surface area contributed by atoms with Gasteiger partial charge in [-0.3, -0.25) is 9.59 Å². The van der Waals surface area contributed by atoms with Crippen LogP contribution in [0.2, 0.25) is 0 Å². The van der Waals surface area contributed by atoms with Crippen molar-refractivity contribution >= 4 is 45.0 Å². The largest absolute Gasteiger partial charge is 0.274 e. The molecule has 30 heavy (non-hydrogen) atoms. The Morgan fingerprint density at radius 3 is 2.10 bits per heavy atom. The summed E-state index contributed by atoms with van der Waals surface area (Å²) in [4.78, 5) is 27.8. The van der Waals surface area contributed by atoms with Crippen molar-refractivity contribution in [3.8, 4) is 0 Å². The van der Waals surface area contributed by atoms with E-state index in [2.05, 4.69) is 15.9 Å². The summed E-state index contributed by atoms with van der Waals surface area (Å²) in [6.45, 7) is 1.97. The SMILES string of the molecule is Cc1ccc(N2C(=O)[C@H]3C4c5ccccc5C(Cl)(c5ccccc54)[C@H]3C2=O)cc1Br. The summed E-state index contributed by atoms with van der Waals surface area (Å²) >= 11 is 10.9. The number of alkyl halides is 1. The zero-order valence-electron chi connectivity index (χ0n) is 16.1. The van der Waals surface area contributed by atoms with Gasteiger partial charge >= 0.3 is 0 Å². The monoisotopic (exact) mass is 477 g/mol. The van der Waals surface area contributed by atoms with E-state index < -0.39 is 16.7 Å². The molecule has 3 nitrogen and oxygen atoms in total. The Kier molecular flexibility index (Phi) is 3.70. The van der Waals surface area contributed by atoms with Crippen molar-refractivity contribution in [1.82, 2.24) is 0 Å². The van der Waals surface area contributed by atoms with Gasteiger partial charge in [-0.25, -0.2) is 4.90 Å². The average Bonchev–Trinajstić information content (AvgIpc) is 3.02. The standard InChI is InChI=1S/C25H17BrClNO2/c1-13-10-11-14(12-19(13)26)28-23(29)21-20-15-6-2-4-8-17(15)25(27,22(21)24(28)30)18-9-5-3-7-16(18)20/h2-12,20-22H,1H3/t20?,21-,22+,25?/m0/s1. The molecule has 1 fully saturated rings. The molecule has 0 radical (unpaired) electrons. The molecule has 3 aliphatic carbocycles. The highest BCUT2D eigenvalue weighted by Crippen LogP contribution is 2.65. The molecule has 7 rings (SSSR count). The molecule has 3 aromatic rings. The van der Waals surface area contributed by atoms with Gasteiger partial charge in [-0.05, 0) is 46.9 Å². The Morgan fingerprint density at radius 1 is 0.900 bits per heavy atom. The van der Waals surface area contributed by atoms with E-state index in [0.717, 1.165) is 32.3 Å². The van der Waals surface area contributed by atoms with Crippen molar-refractivity contribution in [3.63, 3.8) is 0 Å². The first-order valence-corrected chi connectivity index (χ1v) is 11.1. The molecule has 0 unspecified atom stereocenters. The van der Waals surface area contributed by atoms with Crippen LogP contribution in [0, 0.1) is 18.8 Å². The fraction of sp³-hybridized carbons (Fsp3) is 0.200. The maximum Gasteiger partial charge on any atom is 0.240 e. The molecule has 2 bridgehead atoms. The Morgan fingerprint density at radius 2 is 1.50 bits per heavy atom. The molecule has 1 heterocycles. The molecule has 1 aliphatic heterocycles. The van der Waals surface area contributed by atoms with Crippen molar-refractivity contribution < 1.29 is 9.59 Å². The number of imide groups is 1. The van der Waals surface area contributed by atoms with Crippen molar-refractivity contribution in [1.29, 1.82) is 0 Å². The number of halogens is 2. The molecular weight excluding hydrogens is 462 g/mol. The molecule has 5 heteroatoms. The Balaban J connectivity index is 1.60. The summed E-state index contributed by atoms with van der Waals surface area (Å²) in [5.74, 6) is -1.68. The number of carbonyl (C=O) groups excluding carboxylic acids is 2. The molecule has 2 amide bonds. The van der Waals surface area contributed by atoms with Crippen LogP contribution in [-0.4, -0.2) is 11.8 Å². The number of anilines is 1. The summed E-state index contributed by atoms with van der Waals surface area (Å²) in [5, 5.41) is 0. The minimum atomic E-state index is -1.05. The van der Waals surface area contributed by atoms with Crippen LogP contribution in [0.1, 0.15) is 33.7 Å². The van der Waals surface area contributed by atoms with Crippen LogP contribution in [0.4, 0.5) is 5.69 Å². The van der Waals surface area contributed by atoms with E-state index >= 15 is 0 Å². The molecule has 0 spiro atoms. The van der Waals surface area contributed by atoms with E-state index in [9.17, 15) is 9.59 Å². The number of hydrogen-bond donors (Lipinski definition) is 0. The minimum absolute atomic E-state index is 0.167. The van der Waals surface area contributed by atoms with Crippen molar-refractivity contribution in [2.24, 2.45) is 11.8 Å². The Hall–Kier alpha value is -2.43. The molecule has 1 saturated heterocycles. The lowest BCUT2D eigenvalue weighted by Crippen LogP contribution is -2.50. The number of benzene rings is 3. The molecule has 3 aromatic carbocycles. The first-order valence-electron chi connectivity index (χ1n) is 9.96. The van der Waals surface area contributed by atoms with Crippen LogP contribution in [0.25, 0.3) is 0 Å². The molecule has 2 atom stereocenters. The van der Waals surface area contributed by atoms with Crippen LogP contribution in [0.3, 0.4) is 0 Å². The number of amides is 2. The lowest BCUT2D eigenvalue weighted by molar-refractivity contribution is -0.122. The van der Waals surface area contributed by atoms with Crippen molar-refractivity contribution in [3.05, 3.63) is 99.0 Å². The summed E-state index contributed by atoms with van der Waals surface area (Å²) in [7, 11) is 0. The molecule has 4 aliphatic rings. The van der Waals surface area contributed by atoms with E-state index in [0.29, 0.717) is 5.69 Å². The normalized spacial score (nSPS) is 28.4. The van der Waals surface area contributed by atoms with E-state index in [1.807, 2.05) is 73.7 Å². The number of hydrogen-bond acceptors (Lipinski definition) is 2. The van der Waals surface area contributed by atoms with Crippen molar-refractivity contribution in [2.45, 2.75) is 17.7 Å². The number of aryl methyl sites for hydroxylation is 1. The first-order chi connectivity index (χ1) is 14.4. The fourth-order valence-corrected chi connectivity index (χ4v) is 6.59. The highest BCUT2D eigenvalue weighted by atomic mass is 79.9. The van der Waals surface area contributed by atoms with Gasteiger partial charge in [-0.1, -0.05) is 70.5 Å². The van der Waals surface area contributed by atoms with Gasteiger partial charge in [0.2, 0.25) is 11.8 Å². The molecule has 0 saturated carbocycles. The number of nitrogens with zero attached hydrogens (tertiary/aromatic N) is 1. The van der Waals surface area contributed by atoms with Crippen LogP contribution in [-0.2, 0) is 14.5 Å². The smallest absolute Gasteiger partial charge is 0.240 e. The molecule has 0 N–H and O–H groups in total. The predicted molar refractivity (Wildman–Crippen MR) is 120 cm³/mol. The maximum atomic E-state index is 13.8. The topological polar surface area (TPSA) is 37.4 Å². The summed E-state index contributed by atoms with van der Waals surface area (Å²) in [6, 6.07) is 21.6. The van der Waals surface area contributed by atoms with E-state index in [4.69, 9.17) is 11.6 Å². The van der Waals surface area contributed by atoms with Gasteiger partial charge in [0.05, 0.1) is 17.5 Å². The Labute approximate surface area is 187 Å². The predicted octanol–water partition coefficient (Wildman–Crippen LogP) is 5.50. The van der Waals surface area contributed by atoms with Crippen LogP contribution in [0.5, 0.6) is 0 Å². The third-order valence-corrected chi connectivity index (χ3v) is 8.42. The van der Waals surface area contributed by atoms with Gasteiger partial charge in [-0.15, -0.1) is 11.6 Å². The van der Waals surface area contributed by atoms with Gasteiger partial charge in [0.1, 0.15) is 4.87 Å². The quantitative estimate of drug-likeness (QED) is 0.342. The second kappa shape index (κ2) is 6.05. The zero-order valence-corrected chi connectivity index (χ0v) is 18.4. The van der Waals surface area contributed by atoms with E-state index in [-0.39, 0.29) is 17.7 Å². The number of rotatable bonds is 1. The molecule has 148 valence electrons. The van der Waals surface area contributed by atoms with E-state index in [1.165, 1.54) is 4.90 Å². The van der Waals surface area contributed by atoms with Crippen LogP contribution >= 0.6 is 27.5 Å². The molecule has 0 aromatic heterocycles. The molecular formula is C25H17BrClNO2. The van der Waals surface area contributed by atoms with Gasteiger partial charge in [0.15, 0.2) is 0 Å². The van der Waals surface area contributed by atoms with Gasteiger partial charge in [0, 0.05) is 10.4 Å². The lowest BCUT2D eigenvalue weighted by atomic mass is 9.54. The summed E-state index contributed by atoms with van der Waals surface area (Å²) < 4.78 is 0.866. The second-order valence-corrected chi connectivity index (χ2v) is 9.76. The highest BCUT2D eigenvalue weighted by Gasteiger charge is 2.67.